The van der Waals surface area contributed by atoms with Gasteiger partial charge in [0.05, 0.1) is 0 Å². The van der Waals surface area contributed by atoms with E-state index in [0.29, 0.717) is 23.6 Å². The van der Waals surface area contributed by atoms with Crippen molar-refractivity contribution in [2.24, 2.45) is 5.92 Å². The number of aryl methyl sites for hydroxylation is 1. The second-order valence-corrected chi connectivity index (χ2v) is 6.03. The van der Waals surface area contributed by atoms with Gasteiger partial charge in [-0.1, -0.05) is 0 Å². The minimum Gasteiger partial charge on any atom is -0.461 e. The zero-order chi connectivity index (χ0) is 13.7. The highest BCUT2D eigenvalue weighted by Crippen LogP contribution is 2.31. The second kappa shape index (κ2) is 4.35. The third kappa shape index (κ3) is 1.91. The van der Waals surface area contributed by atoms with Crippen molar-refractivity contribution in [3.05, 3.63) is 35.6 Å². The fraction of sp³-hybridized carbons (Fsp3) is 0.438. The van der Waals surface area contributed by atoms with Gasteiger partial charge >= 0.3 is 0 Å². The summed E-state index contributed by atoms with van der Waals surface area (Å²) in [6.07, 6.45) is 2.26. The molecule has 3 unspecified atom stereocenters. The fourth-order valence-electron chi connectivity index (χ4n) is 3.58. The van der Waals surface area contributed by atoms with E-state index in [1.165, 1.54) is 6.42 Å². The molecule has 2 aromatic rings. The molecule has 0 spiro atoms. The van der Waals surface area contributed by atoms with Crippen LogP contribution in [0.4, 0.5) is 0 Å². The summed E-state index contributed by atoms with van der Waals surface area (Å²) in [6, 6.07) is 8.52. The van der Waals surface area contributed by atoms with Crippen molar-refractivity contribution in [1.82, 2.24) is 10.6 Å². The van der Waals surface area contributed by atoms with E-state index in [-0.39, 0.29) is 5.91 Å². The quantitative estimate of drug-likeness (QED) is 0.879. The summed E-state index contributed by atoms with van der Waals surface area (Å²) in [6.45, 7) is 2.96. The van der Waals surface area contributed by atoms with Crippen LogP contribution in [0.2, 0.25) is 0 Å². The summed E-state index contributed by atoms with van der Waals surface area (Å²) in [5.74, 6) is 1.50. The molecule has 20 heavy (non-hydrogen) atoms. The average molecular weight is 270 g/mol. The van der Waals surface area contributed by atoms with E-state index in [1.807, 2.05) is 31.2 Å². The van der Waals surface area contributed by atoms with E-state index in [0.717, 1.165) is 29.7 Å². The molecule has 4 heteroatoms. The van der Waals surface area contributed by atoms with Crippen LogP contribution in [-0.4, -0.2) is 24.5 Å². The number of amides is 1. The molecule has 3 atom stereocenters. The number of carbonyl (C=O) groups excluding carboxylic acids is 1. The molecule has 104 valence electrons. The first-order chi connectivity index (χ1) is 9.69. The number of furan rings is 1. The van der Waals surface area contributed by atoms with Crippen molar-refractivity contribution in [2.45, 2.75) is 31.8 Å². The standard InChI is InChI=1S/C16H18N2O2/c1-9-4-11-5-10(2-3-15(11)20-9)16(19)18-14-7-13-6-12(14)8-17-13/h2-5,12-14,17H,6-8H2,1H3,(H,18,19). The summed E-state index contributed by atoms with van der Waals surface area (Å²) in [5.41, 5.74) is 1.55. The zero-order valence-corrected chi connectivity index (χ0v) is 11.5. The van der Waals surface area contributed by atoms with E-state index in [4.69, 9.17) is 4.42 Å². The van der Waals surface area contributed by atoms with Gasteiger partial charge in [0.25, 0.3) is 5.91 Å². The molecule has 2 fully saturated rings. The Morgan fingerprint density at radius 2 is 2.25 bits per heavy atom. The van der Waals surface area contributed by atoms with E-state index in [2.05, 4.69) is 10.6 Å². The highest BCUT2D eigenvalue weighted by Gasteiger charge is 2.40. The minimum atomic E-state index is 0.0308. The molecule has 1 aromatic heterocycles. The minimum absolute atomic E-state index is 0.0308. The van der Waals surface area contributed by atoms with Crippen LogP contribution in [0.1, 0.15) is 29.0 Å². The van der Waals surface area contributed by atoms with Gasteiger partial charge in [-0.3, -0.25) is 4.79 Å². The number of piperidine rings is 1. The maximum absolute atomic E-state index is 12.4. The Morgan fingerprint density at radius 1 is 1.35 bits per heavy atom. The Hall–Kier alpha value is -1.81. The Morgan fingerprint density at radius 3 is 3.00 bits per heavy atom. The molecule has 1 saturated carbocycles. The Labute approximate surface area is 117 Å². The van der Waals surface area contributed by atoms with Crippen LogP contribution in [-0.2, 0) is 0 Å². The number of carbonyl (C=O) groups is 1. The molecule has 1 aromatic carbocycles. The maximum atomic E-state index is 12.4. The lowest BCUT2D eigenvalue weighted by molar-refractivity contribution is 0.0925. The van der Waals surface area contributed by atoms with Gasteiger partial charge in [0.2, 0.25) is 0 Å². The summed E-state index contributed by atoms with van der Waals surface area (Å²) in [4.78, 5) is 12.4. The van der Waals surface area contributed by atoms with Gasteiger partial charge in [-0.15, -0.1) is 0 Å². The van der Waals surface area contributed by atoms with Crippen LogP contribution < -0.4 is 10.6 Å². The van der Waals surface area contributed by atoms with Crippen LogP contribution in [0, 0.1) is 12.8 Å². The van der Waals surface area contributed by atoms with Gasteiger partial charge in [0.15, 0.2) is 0 Å². The molecular weight excluding hydrogens is 252 g/mol. The van der Waals surface area contributed by atoms with Gasteiger partial charge in [0, 0.05) is 29.6 Å². The zero-order valence-electron chi connectivity index (χ0n) is 11.5. The number of nitrogens with one attached hydrogen (secondary N) is 2. The van der Waals surface area contributed by atoms with Crippen molar-refractivity contribution >= 4 is 16.9 Å². The lowest BCUT2D eigenvalue weighted by Crippen LogP contribution is -2.44. The number of rotatable bonds is 2. The molecule has 1 amide bonds. The molecule has 2 aliphatic rings. The maximum Gasteiger partial charge on any atom is 0.251 e. The molecule has 4 rings (SSSR count). The third-order valence-electron chi connectivity index (χ3n) is 4.58. The summed E-state index contributed by atoms with van der Waals surface area (Å²) >= 11 is 0. The van der Waals surface area contributed by atoms with Crippen molar-refractivity contribution in [1.29, 1.82) is 0 Å². The Balaban J connectivity index is 1.54. The molecular formula is C16H18N2O2. The highest BCUT2D eigenvalue weighted by molar-refractivity contribution is 5.98. The molecule has 2 bridgehead atoms. The van der Waals surface area contributed by atoms with Crippen molar-refractivity contribution in [2.75, 3.05) is 6.54 Å². The van der Waals surface area contributed by atoms with E-state index in [9.17, 15) is 4.79 Å². The predicted octanol–water partition coefficient (Wildman–Crippen LogP) is 2.22. The number of fused-ring (bicyclic) bond motifs is 3. The van der Waals surface area contributed by atoms with Crippen LogP contribution in [0.3, 0.4) is 0 Å². The second-order valence-electron chi connectivity index (χ2n) is 6.03. The van der Waals surface area contributed by atoms with Crippen molar-refractivity contribution in [3.63, 3.8) is 0 Å². The predicted molar refractivity (Wildman–Crippen MR) is 76.7 cm³/mol. The summed E-state index contributed by atoms with van der Waals surface area (Å²) in [7, 11) is 0. The van der Waals surface area contributed by atoms with Crippen LogP contribution in [0.5, 0.6) is 0 Å². The molecule has 1 aliphatic carbocycles. The molecule has 0 radical (unpaired) electrons. The number of hydrogen-bond acceptors (Lipinski definition) is 3. The van der Waals surface area contributed by atoms with Crippen molar-refractivity contribution in [3.8, 4) is 0 Å². The number of benzene rings is 1. The highest BCUT2D eigenvalue weighted by atomic mass is 16.3. The molecule has 1 saturated heterocycles. The van der Waals surface area contributed by atoms with Crippen LogP contribution in [0.25, 0.3) is 11.0 Å². The molecule has 2 N–H and O–H groups in total. The van der Waals surface area contributed by atoms with Gasteiger partial charge < -0.3 is 15.1 Å². The largest absolute Gasteiger partial charge is 0.461 e. The van der Waals surface area contributed by atoms with Gasteiger partial charge in [-0.2, -0.15) is 0 Å². The van der Waals surface area contributed by atoms with E-state index >= 15 is 0 Å². The van der Waals surface area contributed by atoms with Gasteiger partial charge in [-0.05, 0) is 49.9 Å². The first-order valence-electron chi connectivity index (χ1n) is 7.23. The SMILES string of the molecule is Cc1cc2cc(C(=O)NC3CC4CC3CN4)ccc2o1. The lowest BCUT2D eigenvalue weighted by atomic mass is 10.0. The van der Waals surface area contributed by atoms with E-state index in [1.54, 1.807) is 0 Å². The molecule has 1 aliphatic heterocycles. The Kier molecular flexibility index (Phi) is 2.60. The van der Waals surface area contributed by atoms with Gasteiger partial charge in [-0.25, -0.2) is 0 Å². The number of hydrogen-bond donors (Lipinski definition) is 2. The Bertz CT molecular complexity index is 676. The van der Waals surface area contributed by atoms with E-state index < -0.39 is 0 Å². The average Bonchev–Trinajstić information content (AvgIpc) is 3.10. The normalized spacial score (nSPS) is 28.1. The van der Waals surface area contributed by atoms with Gasteiger partial charge in [0.1, 0.15) is 11.3 Å². The topological polar surface area (TPSA) is 54.3 Å². The molecule has 4 nitrogen and oxygen atoms in total. The lowest BCUT2D eigenvalue weighted by Gasteiger charge is -2.23. The summed E-state index contributed by atoms with van der Waals surface area (Å²) in [5, 5.41) is 7.64. The summed E-state index contributed by atoms with van der Waals surface area (Å²) < 4.78 is 5.54. The monoisotopic (exact) mass is 270 g/mol. The first kappa shape index (κ1) is 12.0. The van der Waals surface area contributed by atoms with Crippen LogP contribution in [0.15, 0.2) is 28.7 Å². The third-order valence-corrected chi connectivity index (χ3v) is 4.58. The smallest absolute Gasteiger partial charge is 0.251 e. The fourth-order valence-corrected chi connectivity index (χ4v) is 3.58. The van der Waals surface area contributed by atoms with Crippen molar-refractivity contribution < 1.29 is 9.21 Å². The first-order valence-corrected chi connectivity index (χ1v) is 7.23. The molecule has 2 heterocycles. The van der Waals surface area contributed by atoms with Crippen LogP contribution >= 0.6 is 0 Å².